The number of nitrogens with zero attached hydrogens (tertiary/aromatic N) is 2. The maximum absolute atomic E-state index is 12.2. The minimum absolute atomic E-state index is 0.199. The number of carbonyl (C=O) groups is 1. The molecule has 2 heterocycles. The molecule has 24 heavy (non-hydrogen) atoms. The molecule has 1 saturated heterocycles. The molecule has 0 aliphatic carbocycles. The van der Waals surface area contributed by atoms with Gasteiger partial charge in [-0.3, -0.25) is 4.79 Å². The molecule has 0 radical (unpaired) electrons. The zero-order chi connectivity index (χ0) is 16.9. The third-order valence-electron chi connectivity index (χ3n) is 3.68. The number of benzene rings is 1. The lowest BCUT2D eigenvalue weighted by atomic mass is 10.2. The first-order valence-corrected chi connectivity index (χ1v) is 8.69. The highest BCUT2D eigenvalue weighted by Crippen LogP contribution is 2.33. The summed E-state index contributed by atoms with van der Waals surface area (Å²) in [5.74, 6) is 1.14. The zero-order valence-electron chi connectivity index (χ0n) is 13.8. The van der Waals surface area contributed by atoms with Gasteiger partial charge in [0.2, 0.25) is 0 Å². The lowest BCUT2D eigenvalue weighted by molar-refractivity contribution is -0.113. The van der Waals surface area contributed by atoms with Crippen LogP contribution in [0.2, 0.25) is 0 Å². The molecule has 2 aliphatic heterocycles. The summed E-state index contributed by atoms with van der Waals surface area (Å²) in [6, 6.07) is 5.61. The van der Waals surface area contributed by atoms with Crippen molar-refractivity contribution in [3.63, 3.8) is 0 Å². The lowest BCUT2D eigenvalue weighted by Gasteiger charge is -2.27. The highest BCUT2D eigenvalue weighted by atomic mass is 32.2. The fourth-order valence-corrected chi connectivity index (χ4v) is 3.46. The summed E-state index contributed by atoms with van der Waals surface area (Å²) in [4.78, 5) is 19.0. The number of thioether (sulfide) groups is 1. The van der Waals surface area contributed by atoms with Gasteiger partial charge in [0.15, 0.2) is 16.7 Å². The van der Waals surface area contributed by atoms with Gasteiger partial charge in [-0.25, -0.2) is 0 Å². The molecule has 1 amide bonds. The van der Waals surface area contributed by atoms with Crippen LogP contribution in [-0.2, 0) is 9.53 Å². The van der Waals surface area contributed by atoms with E-state index in [9.17, 15) is 4.79 Å². The maximum atomic E-state index is 12.2. The monoisotopic (exact) mass is 348 g/mol. The van der Waals surface area contributed by atoms with Gasteiger partial charge < -0.3 is 19.1 Å². The molecule has 0 atom stereocenters. The summed E-state index contributed by atoms with van der Waals surface area (Å²) >= 11 is 1.41. The molecule has 0 unspecified atom stereocenters. The highest BCUT2D eigenvalue weighted by Gasteiger charge is 2.27. The average molecular weight is 348 g/mol. The van der Waals surface area contributed by atoms with E-state index in [1.54, 1.807) is 7.11 Å². The molecular formula is C17H20N2O4S. The number of hydrogen-bond donors (Lipinski definition) is 0. The van der Waals surface area contributed by atoms with Crippen molar-refractivity contribution in [2.45, 2.75) is 6.92 Å². The molecule has 0 bridgehead atoms. The van der Waals surface area contributed by atoms with Crippen molar-refractivity contribution < 1.29 is 19.0 Å². The first-order chi connectivity index (χ1) is 11.7. The van der Waals surface area contributed by atoms with E-state index in [4.69, 9.17) is 14.2 Å². The van der Waals surface area contributed by atoms with Gasteiger partial charge in [-0.05, 0) is 42.5 Å². The van der Waals surface area contributed by atoms with E-state index in [-0.39, 0.29) is 5.91 Å². The van der Waals surface area contributed by atoms with Crippen LogP contribution >= 0.6 is 11.8 Å². The summed E-state index contributed by atoms with van der Waals surface area (Å²) < 4.78 is 16.2. The van der Waals surface area contributed by atoms with E-state index in [0.29, 0.717) is 36.2 Å². The SMILES string of the molecule is CCOc1cc(/C=C2\SC(N3CCOCC3)=NC2=O)ccc1OC. The summed E-state index contributed by atoms with van der Waals surface area (Å²) in [7, 11) is 1.61. The molecule has 0 saturated carbocycles. The predicted molar refractivity (Wildman–Crippen MR) is 94.6 cm³/mol. The number of aliphatic imine (C=N–C) groups is 1. The van der Waals surface area contributed by atoms with Crippen molar-refractivity contribution in [3.05, 3.63) is 28.7 Å². The second kappa shape index (κ2) is 7.72. The fourth-order valence-electron chi connectivity index (χ4n) is 2.49. The summed E-state index contributed by atoms with van der Waals surface area (Å²) in [5.41, 5.74) is 0.883. The van der Waals surface area contributed by atoms with Gasteiger partial charge in [0.25, 0.3) is 5.91 Å². The number of hydrogen-bond acceptors (Lipinski definition) is 6. The van der Waals surface area contributed by atoms with Crippen LogP contribution in [0.3, 0.4) is 0 Å². The molecule has 128 valence electrons. The smallest absolute Gasteiger partial charge is 0.286 e. The first kappa shape index (κ1) is 16.9. The van der Waals surface area contributed by atoms with Crippen LogP contribution in [0.4, 0.5) is 0 Å². The molecular weight excluding hydrogens is 328 g/mol. The largest absolute Gasteiger partial charge is 0.493 e. The van der Waals surface area contributed by atoms with Gasteiger partial charge in [-0.2, -0.15) is 4.99 Å². The standard InChI is InChI=1S/C17H20N2O4S/c1-3-23-14-10-12(4-5-13(14)21-2)11-15-16(20)18-17(24-15)19-6-8-22-9-7-19/h4-5,10-11H,3,6-9H2,1-2H3/b15-11-. The van der Waals surface area contributed by atoms with Gasteiger partial charge >= 0.3 is 0 Å². The van der Waals surface area contributed by atoms with Crippen molar-refractivity contribution in [1.82, 2.24) is 4.90 Å². The molecule has 1 aromatic carbocycles. The van der Waals surface area contributed by atoms with Crippen LogP contribution in [0, 0.1) is 0 Å². The number of carbonyl (C=O) groups excluding carboxylic acids is 1. The second-order valence-corrected chi connectivity index (χ2v) is 6.26. The Hall–Kier alpha value is -1.99. The molecule has 3 rings (SSSR count). The van der Waals surface area contributed by atoms with Crippen LogP contribution in [0.15, 0.2) is 28.1 Å². The van der Waals surface area contributed by atoms with Crippen LogP contribution in [0.5, 0.6) is 11.5 Å². The molecule has 0 N–H and O–H groups in total. The average Bonchev–Trinajstić information content (AvgIpc) is 2.97. The van der Waals surface area contributed by atoms with Crippen molar-refractivity contribution >= 4 is 28.9 Å². The number of ether oxygens (including phenoxy) is 3. The number of morpholine rings is 1. The molecule has 0 aromatic heterocycles. The van der Waals surface area contributed by atoms with Crippen LogP contribution in [-0.4, -0.2) is 56.0 Å². The minimum Gasteiger partial charge on any atom is -0.493 e. The Morgan fingerprint density at radius 1 is 1.33 bits per heavy atom. The van der Waals surface area contributed by atoms with Gasteiger partial charge in [0.05, 0.1) is 31.8 Å². The van der Waals surface area contributed by atoms with E-state index >= 15 is 0 Å². The van der Waals surface area contributed by atoms with Gasteiger partial charge in [-0.15, -0.1) is 0 Å². The van der Waals surface area contributed by atoms with Crippen molar-refractivity contribution in [1.29, 1.82) is 0 Å². The van der Waals surface area contributed by atoms with E-state index < -0.39 is 0 Å². The molecule has 6 nitrogen and oxygen atoms in total. The molecule has 7 heteroatoms. The summed E-state index contributed by atoms with van der Waals surface area (Å²) in [6.45, 7) is 5.34. The minimum atomic E-state index is -0.199. The van der Waals surface area contributed by atoms with Crippen molar-refractivity contribution in [2.24, 2.45) is 4.99 Å². The van der Waals surface area contributed by atoms with E-state index in [2.05, 4.69) is 9.89 Å². The van der Waals surface area contributed by atoms with E-state index in [1.807, 2.05) is 31.2 Å². The lowest BCUT2D eigenvalue weighted by Crippen LogP contribution is -2.38. The Morgan fingerprint density at radius 3 is 2.83 bits per heavy atom. The normalized spacial score (nSPS) is 19.6. The Morgan fingerprint density at radius 2 is 2.12 bits per heavy atom. The molecule has 2 aliphatic rings. The highest BCUT2D eigenvalue weighted by molar-refractivity contribution is 8.18. The van der Waals surface area contributed by atoms with Crippen molar-refractivity contribution in [3.8, 4) is 11.5 Å². The van der Waals surface area contributed by atoms with Crippen LogP contribution in [0.25, 0.3) is 6.08 Å². The predicted octanol–water partition coefficient (Wildman–Crippen LogP) is 2.40. The third kappa shape index (κ3) is 3.73. The van der Waals surface area contributed by atoms with Crippen LogP contribution < -0.4 is 9.47 Å². The summed E-state index contributed by atoms with van der Waals surface area (Å²) in [6.07, 6.45) is 1.84. The first-order valence-electron chi connectivity index (χ1n) is 7.87. The van der Waals surface area contributed by atoms with Gasteiger partial charge in [-0.1, -0.05) is 6.07 Å². The summed E-state index contributed by atoms with van der Waals surface area (Å²) in [5, 5.41) is 0.757. The number of methoxy groups -OCH3 is 1. The number of amidine groups is 1. The molecule has 0 spiro atoms. The van der Waals surface area contributed by atoms with Crippen molar-refractivity contribution in [2.75, 3.05) is 40.0 Å². The van der Waals surface area contributed by atoms with Gasteiger partial charge in [0, 0.05) is 13.1 Å². The Kier molecular flexibility index (Phi) is 5.42. The topological polar surface area (TPSA) is 60.4 Å². The Balaban J connectivity index is 1.77. The number of amides is 1. The van der Waals surface area contributed by atoms with Crippen LogP contribution in [0.1, 0.15) is 12.5 Å². The molecule has 1 aromatic rings. The Bertz CT molecular complexity index is 681. The zero-order valence-corrected chi connectivity index (χ0v) is 14.6. The molecule has 1 fully saturated rings. The van der Waals surface area contributed by atoms with Gasteiger partial charge in [0.1, 0.15) is 0 Å². The number of rotatable bonds is 4. The van der Waals surface area contributed by atoms with E-state index in [0.717, 1.165) is 23.8 Å². The maximum Gasteiger partial charge on any atom is 0.286 e. The van der Waals surface area contributed by atoms with E-state index in [1.165, 1.54) is 11.8 Å². The Labute approximate surface area is 145 Å². The second-order valence-electron chi connectivity index (χ2n) is 5.25. The third-order valence-corrected chi connectivity index (χ3v) is 4.72. The quantitative estimate of drug-likeness (QED) is 0.779. The fraction of sp³-hybridized carbons (Fsp3) is 0.412.